The van der Waals surface area contributed by atoms with E-state index in [9.17, 15) is 5.11 Å². The summed E-state index contributed by atoms with van der Waals surface area (Å²) in [6, 6.07) is 0. The van der Waals surface area contributed by atoms with Crippen LogP contribution >= 0.6 is 0 Å². The van der Waals surface area contributed by atoms with E-state index in [2.05, 4.69) is 46.4 Å². The van der Waals surface area contributed by atoms with E-state index < -0.39 is 0 Å². The fourth-order valence-electron chi connectivity index (χ4n) is 2.68. The number of aliphatic hydroxyl groups is 2. The molecule has 0 saturated heterocycles. The summed E-state index contributed by atoms with van der Waals surface area (Å²) >= 11 is 0. The van der Waals surface area contributed by atoms with Crippen LogP contribution in [0.2, 0.25) is 0 Å². The number of ether oxygens (including phenoxy) is 2. The highest BCUT2D eigenvalue weighted by Crippen LogP contribution is 1.98. The zero-order valence-corrected chi connectivity index (χ0v) is 22.3. The average molecular weight is 450 g/mol. The Kier molecular flexibility index (Phi) is 36.5. The maximum absolute atomic E-state index is 9.81. The van der Waals surface area contributed by atoms with E-state index in [1.165, 1.54) is 19.3 Å². The van der Waals surface area contributed by atoms with Gasteiger partial charge in [0.05, 0.1) is 25.4 Å². The van der Waals surface area contributed by atoms with Crippen molar-refractivity contribution in [3.8, 4) is 0 Å². The summed E-state index contributed by atoms with van der Waals surface area (Å²) in [5.74, 6) is 0. The van der Waals surface area contributed by atoms with Gasteiger partial charge in [-0.1, -0.05) is 80.6 Å². The van der Waals surface area contributed by atoms with Crippen LogP contribution in [0.5, 0.6) is 0 Å². The maximum atomic E-state index is 9.81. The molecule has 31 heavy (non-hydrogen) atoms. The molecular weight excluding hydrogens is 390 g/mol. The van der Waals surface area contributed by atoms with Gasteiger partial charge in [0.2, 0.25) is 0 Å². The van der Waals surface area contributed by atoms with Crippen LogP contribution in [0, 0.1) is 0 Å². The van der Waals surface area contributed by atoms with Gasteiger partial charge in [0.15, 0.2) is 0 Å². The third kappa shape index (κ3) is 34.6. The van der Waals surface area contributed by atoms with Crippen molar-refractivity contribution in [2.75, 3.05) is 46.1 Å². The van der Waals surface area contributed by atoms with Crippen LogP contribution < -0.4 is 0 Å². The van der Waals surface area contributed by atoms with Crippen molar-refractivity contribution >= 4 is 0 Å². The molecule has 0 aromatic heterocycles. The summed E-state index contributed by atoms with van der Waals surface area (Å²) in [5, 5.41) is 18.8. The highest BCUT2D eigenvalue weighted by Gasteiger charge is 2.10. The van der Waals surface area contributed by atoms with Crippen molar-refractivity contribution in [1.82, 2.24) is 4.90 Å². The SMILES string of the molecule is CCCCC.CCCCOCC(O)CC.CCCCOCC(O)CN(CCC)CCC. The van der Waals surface area contributed by atoms with Gasteiger partial charge in [-0.05, 0) is 45.2 Å². The molecule has 0 aromatic carbocycles. The van der Waals surface area contributed by atoms with Crippen molar-refractivity contribution in [2.45, 2.75) is 125 Å². The van der Waals surface area contributed by atoms with Gasteiger partial charge in [-0.15, -0.1) is 0 Å². The Morgan fingerprint density at radius 3 is 1.32 bits per heavy atom. The highest BCUT2D eigenvalue weighted by atomic mass is 16.5. The molecule has 0 aromatic rings. The van der Waals surface area contributed by atoms with Gasteiger partial charge in [0.1, 0.15) is 0 Å². The van der Waals surface area contributed by atoms with Crippen LogP contribution in [0.15, 0.2) is 0 Å². The Labute approximate surface area is 195 Å². The summed E-state index contributed by atoms with van der Waals surface area (Å²) in [5.41, 5.74) is 0. The molecule has 0 aliphatic rings. The van der Waals surface area contributed by atoms with E-state index in [1.807, 2.05) is 6.92 Å². The van der Waals surface area contributed by atoms with Crippen LogP contribution in [0.1, 0.15) is 113 Å². The van der Waals surface area contributed by atoms with E-state index in [-0.39, 0.29) is 12.2 Å². The van der Waals surface area contributed by atoms with Crippen LogP contribution in [-0.2, 0) is 9.47 Å². The Morgan fingerprint density at radius 1 is 0.581 bits per heavy atom. The van der Waals surface area contributed by atoms with E-state index in [1.54, 1.807) is 0 Å². The molecule has 5 nitrogen and oxygen atoms in total. The molecule has 0 saturated carbocycles. The Hall–Kier alpha value is -0.200. The zero-order valence-electron chi connectivity index (χ0n) is 22.3. The largest absolute Gasteiger partial charge is 0.391 e. The van der Waals surface area contributed by atoms with Gasteiger partial charge >= 0.3 is 0 Å². The van der Waals surface area contributed by atoms with E-state index in [4.69, 9.17) is 14.6 Å². The summed E-state index contributed by atoms with van der Waals surface area (Å²) in [4.78, 5) is 2.31. The van der Waals surface area contributed by atoms with Gasteiger partial charge in [-0.25, -0.2) is 0 Å². The topological polar surface area (TPSA) is 62.2 Å². The first-order chi connectivity index (χ1) is 15.0. The minimum Gasteiger partial charge on any atom is -0.391 e. The predicted molar refractivity (Wildman–Crippen MR) is 136 cm³/mol. The second-order valence-corrected chi connectivity index (χ2v) is 8.23. The lowest BCUT2D eigenvalue weighted by atomic mass is 10.3. The molecule has 2 N–H and O–H groups in total. The fourth-order valence-corrected chi connectivity index (χ4v) is 2.68. The lowest BCUT2D eigenvalue weighted by Crippen LogP contribution is -2.36. The summed E-state index contributed by atoms with van der Waals surface area (Å²) in [7, 11) is 0. The van der Waals surface area contributed by atoms with Gasteiger partial charge in [0, 0.05) is 19.8 Å². The van der Waals surface area contributed by atoms with Crippen molar-refractivity contribution in [3.05, 3.63) is 0 Å². The minimum atomic E-state index is -0.338. The number of nitrogens with zero attached hydrogens (tertiary/aromatic N) is 1. The number of unbranched alkanes of at least 4 members (excludes halogenated alkanes) is 4. The summed E-state index contributed by atoms with van der Waals surface area (Å²) in [6.45, 7) is 20.4. The fraction of sp³-hybridized carbons (Fsp3) is 1.00. The normalized spacial score (nSPS) is 12.6. The smallest absolute Gasteiger partial charge is 0.0900 e. The number of hydrogen-bond acceptors (Lipinski definition) is 5. The molecule has 5 heteroatoms. The standard InChI is InChI=1S/C13H29NO2.C8H18O2.C5H12/c1-4-7-10-16-12-13(15)11-14(8-5-2)9-6-3;1-3-5-6-10-7-8(9)4-2;1-3-5-4-2/h13,15H,4-12H2,1-3H3;8-9H,3-7H2,1-2H3;3-5H2,1-2H3. The molecule has 0 bridgehead atoms. The third-order valence-corrected chi connectivity index (χ3v) is 4.63. The third-order valence-electron chi connectivity index (χ3n) is 4.63. The van der Waals surface area contributed by atoms with Crippen LogP contribution in [0.4, 0.5) is 0 Å². The molecule has 0 aliphatic carbocycles. The average Bonchev–Trinajstić information content (AvgIpc) is 2.76. The van der Waals surface area contributed by atoms with E-state index in [0.717, 1.165) is 77.8 Å². The second-order valence-electron chi connectivity index (χ2n) is 8.23. The molecule has 0 rings (SSSR count). The Bertz CT molecular complexity index is 285. The molecule has 2 unspecified atom stereocenters. The Morgan fingerprint density at radius 2 is 1.00 bits per heavy atom. The lowest BCUT2D eigenvalue weighted by Gasteiger charge is -2.23. The van der Waals surface area contributed by atoms with Crippen LogP contribution in [0.25, 0.3) is 0 Å². The second kappa shape index (κ2) is 32.0. The molecule has 0 radical (unpaired) electrons. The molecule has 0 fully saturated rings. The number of hydrogen-bond donors (Lipinski definition) is 2. The Balaban J connectivity index is -0.000000443. The molecule has 192 valence electrons. The molecular formula is C26H59NO4. The van der Waals surface area contributed by atoms with Crippen LogP contribution in [-0.4, -0.2) is 73.4 Å². The minimum absolute atomic E-state index is 0.267. The van der Waals surface area contributed by atoms with Gasteiger partial charge in [0.25, 0.3) is 0 Å². The first-order valence-electron chi connectivity index (χ1n) is 13.2. The van der Waals surface area contributed by atoms with E-state index >= 15 is 0 Å². The predicted octanol–water partition coefficient (Wildman–Crippen LogP) is 6.06. The van der Waals surface area contributed by atoms with Crippen LogP contribution in [0.3, 0.4) is 0 Å². The first-order valence-corrected chi connectivity index (χ1v) is 13.2. The molecule has 0 spiro atoms. The quantitative estimate of drug-likeness (QED) is 0.235. The number of aliphatic hydroxyl groups excluding tert-OH is 2. The molecule has 2 atom stereocenters. The monoisotopic (exact) mass is 449 g/mol. The molecule has 0 aliphatic heterocycles. The van der Waals surface area contributed by atoms with Crippen molar-refractivity contribution in [1.29, 1.82) is 0 Å². The van der Waals surface area contributed by atoms with Gasteiger partial charge in [-0.3, -0.25) is 0 Å². The maximum Gasteiger partial charge on any atom is 0.0900 e. The molecule has 0 amide bonds. The van der Waals surface area contributed by atoms with Crippen molar-refractivity contribution < 1.29 is 19.7 Å². The van der Waals surface area contributed by atoms with E-state index in [0.29, 0.717) is 13.2 Å². The summed E-state index contributed by atoms with van der Waals surface area (Å²) < 4.78 is 10.6. The highest BCUT2D eigenvalue weighted by molar-refractivity contribution is 4.63. The first kappa shape index (κ1) is 35.4. The summed E-state index contributed by atoms with van der Waals surface area (Å²) in [6.07, 6.45) is 11.0. The number of rotatable bonds is 19. The van der Waals surface area contributed by atoms with Crippen molar-refractivity contribution in [3.63, 3.8) is 0 Å². The van der Waals surface area contributed by atoms with Gasteiger partial charge < -0.3 is 24.6 Å². The van der Waals surface area contributed by atoms with Gasteiger partial charge in [-0.2, -0.15) is 0 Å². The molecule has 0 heterocycles. The lowest BCUT2D eigenvalue weighted by molar-refractivity contribution is 0.0158. The zero-order chi connectivity index (χ0) is 24.2. The van der Waals surface area contributed by atoms with Crippen molar-refractivity contribution in [2.24, 2.45) is 0 Å².